The molecule has 1 aliphatic heterocycles. The fourth-order valence-electron chi connectivity index (χ4n) is 2.77. The Kier molecular flexibility index (Phi) is 4.17. The van der Waals surface area contributed by atoms with Crippen LogP contribution in [0.4, 0.5) is 4.39 Å². The maximum absolute atomic E-state index is 13.5. The summed E-state index contributed by atoms with van der Waals surface area (Å²) in [5.41, 5.74) is 1.95. The largest absolute Gasteiger partial charge is 0.480 e. The second-order valence-electron chi connectivity index (χ2n) is 5.38. The molecule has 0 saturated heterocycles. The summed E-state index contributed by atoms with van der Waals surface area (Å²) in [6.45, 7) is 0.189. The van der Waals surface area contributed by atoms with Gasteiger partial charge in [-0.1, -0.05) is 24.3 Å². The van der Waals surface area contributed by atoms with Gasteiger partial charge in [-0.3, -0.25) is 4.79 Å². The molecule has 2 aromatic rings. The van der Waals surface area contributed by atoms with E-state index in [0.717, 1.165) is 17.2 Å². The Labute approximate surface area is 140 Å². The molecule has 0 spiro atoms. The molecule has 0 saturated carbocycles. The van der Waals surface area contributed by atoms with Crippen molar-refractivity contribution in [1.82, 2.24) is 4.90 Å². The number of carboxylic acids is 1. The summed E-state index contributed by atoms with van der Waals surface area (Å²) in [6.07, 6.45) is 0.240. The highest BCUT2D eigenvalue weighted by atomic mass is 79.9. The van der Waals surface area contributed by atoms with Crippen LogP contribution in [0.2, 0.25) is 0 Å². The van der Waals surface area contributed by atoms with Crippen LogP contribution in [0.25, 0.3) is 0 Å². The Balaban J connectivity index is 2.01. The van der Waals surface area contributed by atoms with E-state index in [9.17, 15) is 19.1 Å². The van der Waals surface area contributed by atoms with E-state index in [2.05, 4.69) is 15.9 Å². The van der Waals surface area contributed by atoms with Gasteiger partial charge in [0.1, 0.15) is 11.9 Å². The highest BCUT2D eigenvalue weighted by molar-refractivity contribution is 9.10. The molecule has 1 amide bonds. The minimum Gasteiger partial charge on any atom is -0.480 e. The molecule has 1 heterocycles. The molecular formula is C17H13BrFNO3. The van der Waals surface area contributed by atoms with Crippen molar-refractivity contribution in [2.45, 2.75) is 19.0 Å². The molecule has 1 unspecified atom stereocenters. The van der Waals surface area contributed by atoms with Crippen LogP contribution in [0.15, 0.2) is 46.9 Å². The number of aliphatic carboxylic acids is 1. The molecule has 4 nitrogen and oxygen atoms in total. The zero-order valence-corrected chi connectivity index (χ0v) is 13.6. The van der Waals surface area contributed by atoms with Crippen molar-refractivity contribution in [3.63, 3.8) is 0 Å². The Morgan fingerprint density at radius 3 is 2.57 bits per heavy atom. The quantitative estimate of drug-likeness (QED) is 0.873. The Morgan fingerprint density at radius 1 is 1.17 bits per heavy atom. The van der Waals surface area contributed by atoms with Crippen molar-refractivity contribution in [3.8, 4) is 0 Å². The number of carboxylic acid groups (broad SMARTS) is 1. The summed E-state index contributed by atoms with van der Waals surface area (Å²) in [4.78, 5) is 25.6. The number of nitrogens with zero attached hydrogens (tertiary/aromatic N) is 1. The topological polar surface area (TPSA) is 57.6 Å². The molecule has 2 aromatic carbocycles. The Hall–Kier alpha value is -2.21. The first kappa shape index (κ1) is 15.7. The lowest BCUT2D eigenvalue weighted by Crippen LogP contribution is -2.48. The predicted octanol–water partition coefficient (Wildman–Crippen LogP) is 3.24. The summed E-state index contributed by atoms with van der Waals surface area (Å²) < 4.78 is 13.9. The molecule has 1 atom stereocenters. The van der Waals surface area contributed by atoms with Crippen LogP contribution in [0, 0.1) is 5.82 Å². The number of benzene rings is 2. The molecular weight excluding hydrogens is 365 g/mol. The number of amides is 1. The fraction of sp³-hybridized carbons (Fsp3) is 0.176. The zero-order valence-electron chi connectivity index (χ0n) is 12.0. The minimum absolute atomic E-state index is 0.121. The van der Waals surface area contributed by atoms with E-state index in [4.69, 9.17) is 0 Å². The van der Waals surface area contributed by atoms with Crippen LogP contribution >= 0.6 is 15.9 Å². The summed E-state index contributed by atoms with van der Waals surface area (Å²) in [6, 6.07) is 10.3. The molecule has 0 aliphatic carbocycles. The standard InChI is InChI=1S/C17H13BrFNO3/c18-14-6-5-12(19)8-13(14)16(21)20-9-11-4-2-1-3-10(11)7-15(20)17(22)23/h1-6,8,15H,7,9H2,(H,22,23). The first-order chi connectivity index (χ1) is 11.0. The molecule has 1 N–H and O–H groups in total. The van der Waals surface area contributed by atoms with Crippen molar-refractivity contribution in [2.24, 2.45) is 0 Å². The molecule has 1 aliphatic rings. The SMILES string of the molecule is O=C(O)C1Cc2ccccc2CN1C(=O)c1cc(F)ccc1Br. The van der Waals surface area contributed by atoms with Gasteiger partial charge in [-0.2, -0.15) is 0 Å². The van der Waals surface area contributed by atoms with Crippen molar-refractivity contribution < 1.29 is 19.1 Å². The van der Waals surface area contributed by atoms with Gasteiger partial charge in [-0.25, -0.2) is 9.18 Å². The van der Waals surface area contributed by atoms with Crippen LogP contribution in [0.5, 0.6) is 0 Å². The maximum Gasteiger partial charge on any atom is 0.326 e. The fourth-order valence-corrected chi connectivity index (χ4v) is 3.19. The van der Waals surface area contributed by atoms with Gasteiger partial charge in [0, 0.05) is 17.4 Å². The van der Waals surface area contributed by atoms with Gasteiger partial charge in [0.25, 0.3) is 5.91 Å². The minimum atomic E-state index is -1.07. The lowest BCUT2D eigenvalue weighted by molar-refractivity contribution is -0.142. The van der Waals surface area contributed by atoms with E-state index in [1.807, 2.05) is 24.3 Å². The van der Waals surface area contributed by atoms with Crippen molar-refractivity contribution >= 4 is 27.8 Å². The number of hydrogen-bond donors (Lipinski definition) is 1. The highest BCUT2D eigenvalue weighted by Gasteiger charge is 2.35. The summed E-state index contributed by atoms with van der Waals surface area (Å²) in [5, 5.41) is 9.47. The van der Waals surface area contributed by atoms with Crippen molar-refractivity contribution in [3.05, 3.63) is 69.4 Å². The molecule has 118 valence electrons. The van der Waals surface area contributed by atoms with E-state index < -0.39 is 23.7 Å². The smallest absolute Gasteiger partial charge is 0.326 e. The Morgan fingerprint density at radius 2 is 1.87 bits per heavy atom. The van der Waals surface area contributed by atoms with Crippen molar-refractivity contribution in [1.29, 1.82) is 0 Å². The van der Waals surface area contributed by atoms with Gasteiger partial charge in [0.05, 0.1) is 5.56 Å². The molecule has 23 heavy (non-hydrogen) atoms. The third kappa shape index (κ3) is 2.99. The average Bonchev–Trinajstić information content (AvgIpc) is 2.55. The van der Waals surface area contributed by atoms with Gasteiger partial charge in [-0.15, -0.1) is 0 Å². The van der Waals surface area contributed by atoms with Crippen LogP contribution < -0.4 is 0 Å². The monoisotopic (exact) mass is 377 g/mol. The lowest BCUT2D eigenvalue weighted by Gasteiger charge is -2.34. The van der Waals surface area contributed by atoms with Crippen LogP contribution in [-0.2, 0) is 17.8 Å². The summed E-state index contributed by atoms with van der Waals surface area (Å²) in [7, 11) is 0. The second-order valence-corrected chi connectivity index (χ2v) is 6.24. The normalized spacial score (nSPS) is 16.8. The number of hydrogen-bond acceptors (Lipinski definition) is 2. The van der Waals surface area contributed by atoms with Gasteiger partial charge in [0.2, 0.25) is 0 Å². The van der Waals surface area contributed by atoms with E-state index >= 15 is 0 Å². The van der Waals surface area contributed by atoms with E-state index in [-0.39, 0.29) is 18.5 Å². The number of fused-ring (bicyclic) bond motifs is 1. The number of carbonyl (C=O) groups is 2. The van der Waals surface area contributed by atoms with Crippen LogP contribution in [0.1, 0.15) is 21.5 Å². The van der Waals surface area contributed by atoms with E-state index in [1.54, 1.807) is 0 Å². The number of carbonyl (C=O) groups excluding carboxylic acids is 1. The van der Waals surface area contributed by atoms with Gasteiger partial charge in [0.15, 0.2) is 0 Å². The predicted molar refractivity (Wildman–Crippen MR) is 85.5 cm³/mol. The molecule has 0 radical (unpaired) electrons. The second kappa shape index (κ2) is 6.12. The van der Waals surface area contributed by atoms with Crippen LogP contribution in [-0.4, -0.2) is 27.9 Å². The Bertz CT molecular complexity index is 793. The molecule has 6 heteroatoms. The van der Waals surface area contributed by atoms with E-state index in [0.29, 0.717) is 4.47 Å². The zero-order chi connectivity index (χ0) is 16.6. The first-order valence-corrected chi connectivity index (χ1v) is 7.82. The van der Waals surface area contributed by atoms with E-state index in [1.165, 1.54) is 17.0 Å². The molecule has 0 aromatic heterocycles. The molecule has 0 fully saturated rings. The lowest BCUT2D eigenvalue weighted by atomic mass is 9.93. The first-order valence-electron chi connectivity index (χ1n) is 7.03. The number of halogens is 2. The number of rotatable bonds is 2. The third-order valence-corrected chi connectivity index (χ3v) is 4.64. The van der Waals surface area contributed by atoms with Crippen molar-refractivity contribution in [2.75, 3.05) is 0 Å². The third-order valence-electron chi connectivity index (χ3n) is 3.95. The summed E-state index contributed by atoms with van der Waals surface area (Å²) >= 11 is 3.22. The van der Waals surface area contributed by atoms with Gasteiger partial charge < -0.3 is 10.0 Å². The summed E-state index contributed by atoms with van der Waals surface area (Å²) in [5.74, 6) is -2.11. The highest BCUT2D eigenvalue weighted by Crippen LogP contribution is 2.27. The van der Waals surface area contributed by atoms with Gasteiger partial charge in [-0.05, 0) is 45.3 Å². The average molecular weight is 378 g/mol. The maximum atomic E-state index is 13.5. The molecule has 0 bridgehead atoms. The van der Waals surface area contributed by atoms with Crippen LogP contribution in [0.3, 0.4) is 0 Å². The molecule has 3 rings (SSSR count). The van der Waals surface area contributed by atoms with Gasteiger partial charge >= 0.3 is 5.97 Å².